The summed E-state index contributed by atoms with van der Waals surface area (Å²) in [4.78, 5) is 21.5. The number of piperidine rings is 1. The maximum absolute atomic E-state index is 13.9. The van der Waals surface area contributed by atoms with Crippen LogP contribution >= 0.6 is 0 Å². The largest absolute Gasteiger partial charge is 0.494 e. The summed E-state index contributed by atoms with van der Waals surface area (Å²) in [6.07, 6.45) is 3.02. The molecular weight excluding hydrogens is 505 g/mol. The van der Waals surface area contributed by atoms with E-state index in [1.54, 1.807) is 6.07 Å². The van der Waals surface area contributed by atoms with Gasteiger partial charge in [-0.2, -0.15) is 0 Å². The highest BCUT2D eigenvalue weighted by Crippen LogP contribution is 2.42. The first-order valence-corrected chi connectivity index (χ1v) is 14.2. The second-order valence-electron chi connectivity index (χ2n) is 12.1. The number of aromatic nitrogens is 1. The van der Waals surface area contributed by atoms with Gasteiger partial charge in [0.15, 0.2) is 11.6 Å². The van der Waals surface area contributed by atoms with Crippen LogP contribution in [-0.2, 0) is 30.7 Å². The highest BCUT2D eigenvalue weighted by molar-refractivity contribution is 5.86. The van der Waals surface area contributed by atoms with Crippen LogP contribution in [0.2, 0.25) is 0 Å². The molecule has 1 aromatic heterocycles. The topological polar surface area (TPSA) is 65.9 Å². The zero-order valence-electron chi connectivity index (χ0n) is 24.3. The molecule has 0 unspecified atom stereocenters. The minimum absolute atomic E-state index is 0.0323. The van der Waals surface area contributed by atoms with Crippen LogP contribution in [0.25, 0.3) is 11.1 Å². The lowest BCUT2D eigenvalue weighted by Gasteiger charge is -2.40. The van der Waals surface area contributed by atoms with Crippen molar-refractivity contribution in [3.05, 3.63) is 75.9 Å². The number of fused-ring (bicyclic) bond motifs is 1. The molecule has 1 saturated heterocycles. The van der Waals surface area contributed by atoms with E-state index >= 15 is 0 Å². The molecule has 6 nitrogen and oxygen atoms in total. The summed E-state index contributed by atoms with van der Waals surface area (Å²) >= 11 is 0. The van der Waals surface area contributed by atoms with Crippen LogP contribution in [0.4, 0.5) is 10.1 Å². The first kappa shape index (κ1) is 28.1. The maximum Gasteiger partial charge on any atom is 0.307 e. The minimum atomic E-state index is -0.831. The van der Waals surface area contributed by atoms with Crippen molar-refractivity contribution in [2.75, 3.05) is 31.6 Å². The fourth-order valence-corrected chi connectivity index (χ4v) is 6.22. The lowest BCUT2D eigenvalue weighted by Crippen LogP contribution is -2.38. The van der Waals surface area contributed by atoms with Crippen molar-refractivity contribution in [3.8, 4) is 16.9 Å². The predicted octanol–water partition coefficient (Wildman–Crippen LogP) is 6.32. The second-order valence-corrected chi connectivity index (χ2v) is 12.1. The number of aliphatic carboxylic acids is 1. The third kappa shape index (κ3) is 5.85. The molecule has 3 heterocycles. The molecule has 2 aliphatic heterocycles. The Balaban J connectivity index is 1.47. The molecule has 0 amide bonds. The van der Waals surface area contributed by atoms with Crippen molar-refractivity contribution in [1.82, 2.24) is 9.88 Å². The Hall–Kier alpha value is -3.45. The van der Waals surface area contributed by atoms with E-state index in [1.165, 1.54) is 24.3 Å². The Morgan fingerprint density at radius 3 is 2.50 bits per heavy atom. The number of carboxylic acid groups (broad SMARTS) is 1. The fourth-order valence-electron chi connectivity index (χ4n) is 6.22. The van der Waals surface area contributed by atoms with Gasteiger partial charge in [0.25, 0.3) is 0 Å². The zero-order chi connectivity index (χ0) is 28.6. The monoisotopic (exact) mass is 545 g/mol. The molecule has 0 bridgehead atoms. The maximum atomic E-state index is 13.9. The van der Waals surface area contributed by atoms with E-state index < -0.39 is 5.97 Å². The fraction of sp³-hybridized carbons (Fsp3) is 0.455. The smallest absolute Gasteiger partial charge is 0.307 e. The van der Waals surface area contributed by atoms with Gasteiger partial charge in [-0.1, -0.05) is 38.1 Å². The van der Waals surface area contributed by atoms with E-state index in [-0.39, 0.29) is 23.4 Å². The van der Waals surface area contributed by atoms with E-state index in [2.05, 4.69) is 41.8 Å². The normalized spacial score (nSPS) is 17.0. The molecule has 1 fully saturated rings. The molecule has 0 saturated carbocycles. The summed E-state index contributed by atoms with van der Waals surface area (Å²) in [5.41, 5.74) is 9.69. The van der Waals surface area contributed by atoms with Crippen LogP contribution in [0.1, 0.15) is 60.3 Å². The molecule has 0 radical (unpaired) electrons. The molecule has 40 heavy (non-hydrogen) atoms. The van der Waals surface area contributed by atoms with Crippen LogP contribution in [0.5, 0.6) is 5.75 Å². The molecule has 3 aromatic rings. The van der Waals surface area contributed by atoms with Gasteiger partial charge in [0, 0.05) is 55.2 Å². The van der Waals surface area contributed by atoms with Gasteiger partial charge in [0.05, 0.1) is 19.2 Å². The number of rotatable bonds is 7. The number of carbonyl (C=O) groups is 1. The van der Waals surface area contributed by atoms with Crippen LogP contribution in [0.15, 0.2) is 36.4 Å². The van der Waals surface area contributed by atoms with Gasteiger partial charge in [-0.25, -0.2) is 4.39 Å². The summed E-state index contributed by atoms with van der Waals surface area (Å²) in [6, 6.07) is 11.7. The van der Waals surface area contributed by atoms with Crippen LogP contribution < -0.4 is 9.64 Å². The molecule has 7 heteroatoms. The molecule has 1 N–H and O–H groups in total. The average molecular weight is 546 g/mol. The number of methoxy groups -OCH3 is 1. The molecule has 2 aliphatic rings. The van der Waals surface area contributed by atoms with E-state index in [9.17, 15) is 14.3 Å². The average Bonchev–Trinajstić information content (AvgIpc) is 2.91. The molecule has 2 aromatic carbocycles. The summed E-state index contributed by atoms with van der Waals surface area (Å²) in [6.45, 7) is 12.9. The van der Waals surface area contributed by atoms with Gasteiger partial charge < -0.3 is 14.7 Å². The third-order valence-corrected chi connectivity index (χ3v) is 8.63. The van der Waals surface area contributed by atoms with Crippen molar-refractivity contribution in [2.24, 2.45) is 5.41 Å². The SMILES string of the molecule is COc1cc(CN2CCc3cc(-c4c(C)nc(C)c(CC(=O)O)c4N4CCC(C)(C)CC4)ccc3C2)ccc1F. The molecule has 0 atom stereocenters. The van der Waals surface area contributed by atoms with Crippen molar-refractivity contribution in [3.63, 3.8) is 0 Å². The van der Waals surface area contributed by atoms with Crippen molar-refractivity contribution < 1.29 is 19.0 Å². The van der Waals surface area contributed by atoms with Gasteiger partial charge in [-0.05, 0) is 72.9 Å². The number of hydrogen-bond acceptors (Lipinski definition) is 5. The first-order valence-electron chi connectivity index (χ1n) is 14.2. The number of benzene rings is 2. The van der Waals surface area contributed by atoms with Gasteiger partial charge in [0.1, 0.15) is 0 Å². The van der Waals surface area contributed by atoms with E-state index in [4.69, 9.17) is 9.72 Å². The second kappa shape index (κ2) is 11.2. The van der Waals surface area contributed by atoms with Crippen molar-refractivity contribution in [2.45, 2.75) is 66.5 Å². The standard InChI is InChI=1S/C33H40FN3O3/c1-21-27(18-30(38)39)32(37-14-11-33(3,4)12-15-37)31(22(2)35-21)25-7-8-26-20-36(13-10-24(26)17-25)19-23-6-9-28(34)29(16-23)40-5/h6-9,16-17H,10-15,18-20H2,1-5H3,(H,38,39). The number of carboxylic acids is 1. The highest BCUT2D eigenvalue weighted by Gasteiger charge is 2.30. The lowest BCUT2D eigenvalue weighted by molar-refractivity contribution is -0.136. The number of hydrogen-bond donors (Lipinski definition) is 1. The quantitative estimate of drug-likeness (QED) is 0.375. The van der Waals surface area contributed by atoms with Crippen LogP contribution in [-0.4, -0.2) is 47.7 Å². The zero-order valence-corrected chi connectivity index (χ0v) is 24.3. The Labute approximate surface area is 236 Å². The highest BCUT2D eigenvalue weighted by atomic mass is 19.1. The minimum Gasteiger partial charge on any atom is -0.494 e. The van der Waals surface area contributed by atoms with Gasteiger partial charge >= 0.3 is 5.97 Å². The summed E-state index contributed by atoms with van der Waals surface area (Å²) in [5, 5.41) is 9.78. The summed E-state index contributed by atoms with van der Waals surface area (Å²) in [7, 11) is 1.49. The Morgan fingerprint density at radius 1 is 1.05 bits per heavy atom. The predicted molar refractivity (Wildman–Crippen MR) is 156 cm³/mol. The Bertz CT molecular complexity index is 1420. The lowest BCUT2D eigenvalue weighted by atomic mass is 9.82. The van der Waals surface area contributed by atoms with Gasteiger partial charge in [-0.15, -0.1) is 0 Å². The number of aryl methyl sites for hydroxylation is 2. The van der Waals surface area contributed by atoms with E-state index in [0.717, 1.165) is 91.3 Å². The summed E-state index contributed by atoms with van der Waals surface area (Å²) in [5.74, 6) is -0.901. The number of ether oxygens (including phenoxy) is 1. The van der Waals surface area contributed by atoms with Crippen molar-refractivity contribution in [1.29, 1.82) is 0 Å². The molecule has 0 spiro atoms. The number of halogens is 1. The van der Waals surface area contributed by atoms with Gasteiger partial charge in [-0.3, -0.25) is 14.7 Å². The van der Waals surface area contributed by atoms with E-state index in [0.29, 0.717) is 0 Å². The Morgan fingerprint density at radius 2 is 1.80 bits per heavy atom. The van der Waals surface area contributed by atoms with Crippen molar-refractivity contribution >= 4 is 11.7 Å². The number of pyridine rings is 1. The first-order chi connectivity index (χ1) is 19.0. The Kier molecular flexibility index (Phi) is 7.87. The van der Waals surface area contributed by atoms with Crippen LogP contribution in [0, 0.1) is 25.1 Å². The van der Waals surface area contributed by atoms with Gasteiger partial charge in [0.2, 0.25) is 0 Å². The number of anilines is 1. The molecule has 5 rings (SSSR count). The summed E-state index contributed by atoms with van der Waals surface area (Å²) < 4.78 is 19.0. The molecular formula is C33H40FN3O3. The molecule has 212 valence electrons. The third-order valence-electron chi connectivity index (χ3n) is 8.63. The van der Waals surface area contributed by atoms with Crippen LogP contribution in [0.3, 0.4) is 0 Å². The molecule has 0 aliphatic carbocycles. The van der Waals surface area contributed by atoms with E-state index in [1.807, 2.05) is 19.9 Å². The number of nitrogens with zero attached hydrogens (tertiary/aromatic N) is 3.